The summed E-state index contributed by atoms with van der Waals surface area (Å²) in [5.74, 6) is 0. The maximum Gasteiger partial charge on any atom is 0.154 e. The minimum atomic E-state index is 0.123. The summed E-state index contributed by atoms with van der Waals surface area (Å²) in [5, 5.41) is 0. The van der Waals surface area contributed by atoms with Crippen LogP contribution in [-0.2, 0) is 0 Å². The van der Waals surface area contributed by atoms with E-state index >= 15 is 0 Å². The van der Waals surface area contributed by atoms with Gasteiger partial charge in [-0.3, -0.25) is 4.90 Å². The van der Waals surface area contributed by atoms with Crippen LogP contribution in [-0.4, -0.2) is 48.9 Å². The van der Waals surface area contributed by atoms with Crippen molar-refractivity contribution in [3.63, 3.8) is 0 Å². The van der Waals surface area contributed by atoms with Crippen molar-refractivity contribution in [2.24, 2.45) is 5.73 Å². The van der Waals surface area contributed by atoms with Gasteiger partial charge in [-0.2, -0.15) is 0 Å². The van der Waals surface area contributed by atoms with Crippen molar-refractivity contribution >= 4 is 6.72 Å². The molecule has 0 aromatic heterocycles. The summed E-state index contributed by atoms with van der Waals surface area (Å²) in [6, 6.07) is 10.4. The highest BCUT2D eigenvalue weighted by Crippen LogP contribution is 2.11. The first-order valence-electron chi connectivity index (χ1n) is 5.84. The van der Waals surface area contributed by atoms with Gasteiger partial charge in [0.1, 0.15) is 6.72 Å². The van der Waals surface area contributed by atoms with Crippen LogP contribution in [0.5, 0.6) is 0 Å². The highest BCUT2D eigenvalue weighted by atomic mass is 15.2. The zero-order valence-electron chi connectivity index (χ0n) is 9.68. The van der Waals surface area contributed by atoms with Crippen molar-refractivity contribution in [3.8, 4) is 0 Å². The van der Waals surface area contributed by atoms with Crippen LogP contribution in [0.15, 0.2) is 30.3 Å². The van der Waals surface area contributed by atoms with E-state index in [-0.39, 0.29) is 6.04 Å². The van der Waals surface area contributed by atoms with Crippen LogP contribution >= 0.6 is 0 Å². The van der Waals surface area contributed by atoms with E-state index in [1.807, 2.05) is 18.2 Å². The van der Waals surface area contributed by atoms with Crippen LogP contribution in [0.4, 0.5) is 0 Å². The molecule has 86 valence electrons. The Balaban J connectivity index is 1.88. The largest absolute Gasteiger partial charge is 0.323 e. The van der Waals surface area contributed by atoms with Crippen molar-refractivity contribution in [3.05, 3.63) is 35.9 Å². The molecule has 1 saturated heterocycles. The summed E-state index contributed by atoms with van der Waals surface area (Å²) < 4.78 is 2.12. The van der Waals surface area contributed by atoms with E-state index in [1.165, 1.54) is 5.56 Å². The van der Waals surface area contributed by atoms with E-state index < -0.39 is 0 Å². The highest BCUT2D eigenvalue weighted by Gasteiger charge is 2.19. The number of benzene rings is 1. The monoisotopic (exact) mass is 218 g/mol. The van der Waals surface area contributed by atoms with Crippen LogP contribution in [0.25, 0.3) is 0 Å². The molecule has 2 N–H and O–H groups in total. The second-order valence-electron chi connectivity index (χ2n) is 4.44. The molecule has 3 nitrogen and oxygen atoms in total. The lowest BCUT2D eigenvalue weighted by atomic mass is 10.1. The summed E-state index contributed by atoms with van der Waals surface area (Å²) in [6.45, 7) is 9.12. The topological polar surface area (TPSA) is 32.3 Å². The third kappa shape index (κ3) is 2.90. The molecule has 0 radical (unpaired) electrons. The molecule has 1 aromatic carbocycles. The van der Waals surface area contributed by atoms with Gasteiger partial charge in [0.05, 0.1) is 13.1 Å². The van der Waals surface area contributed by atoms with E-state index in [9.17, 15) is 0 Å². The van der Waals surface area contributed by atoms with Gasteiger partial charge in [0.2, 0.25) is 0 Å². The van der Waals surface area contributed by atoms with E-state index in [1.54, 1.807) is 0 Å². The molecule has 0 saturated carbocycles. The lowest BCUT2D eigenvalue weighted by Gasteiger charge is -2.27. The lowest BCUT2D eigenvalue weighted by molar-refractivity contribution is -0.531. The molecule has 1 aliphatic rings. The maximum atomic E-state index is 6.19. The zero-order valence-corrected chi connectivity index (χ0v) is 9.68. The molecule has 0 amide bonds. The minimum Gasteiger partial charge on any atom is -0.323 e. The predicted molar refractivity (Wildman–Crippen MR) is 66.9 cm³/mol. The first-order valence-corrected chi connectivity index (χ1v) is 5.84. The predicted octanol–water partition coefficient (Wildman–Crippen LogP) is 0.715. The SMILES string of the molecule is C=[N+]1CCN(CC(N)c2ccccc2)CC1. The second-order valence-corrected chi connectivity index (χ2v) is 4.44. The molecule has 2 rings (SSSR count). The molecule has 0 bridgehead atoms. The lowest BCUT2D eigenvalue weighted by Crippen LogP contribution is -2.44. The Morgan fingerprint density at radius 1 is 1.25 bits per heavy atom. The van der Waals surface area contributed by atoms with E-state index in [4.69, 9.17) is 5.73 Å². The number of nitrogens with two attached hydrogens (primary N) is 1. The summed E-state index contributed by atoms with van der Waals surface area (Å²) in [4.78, 5) is 2.42. The molecule has 1 fully saturated rings. The number of piperazine rings is 1. The molecule has 0 spiro atoms. The van der Waals surface area contributed by atoms with Gasteiger partial charge >= 0.3 is 0 Å². The number of rotatable bonds is 3. The molecule has 16 heavy (non-hydrogen) atoms. The Morgan fingerprint density at radius 3 is 2.50 bits per heavy atom. The first kappa shape index (κ1) is 11.3. The van der Waals surface area contributed by atoms with Gasteiger partial charge in [-0.25, -0.2) is 4.58 Å². The Labute approximate surface area is 97.2 Å². The van der Waals surface area contributed by atoms with Gasteiger partial charge in [0, 0.05) is 12.6 Å². The molecular weight excluding hydrogens is 198 g/mol. The third-order valence-electron chi connectivity index (χ3n) is 3.15. The fourth-order valence-corrected chi connectivity index (χ4v) is 2.06. The van der Waals surface area contributed by atoms with Crippen molar-refractivity contribution < 1.29 is 4.58 Å². The fraction of sp³-hybridized carbons (Fsp3) is 0.462. The average Bonchev–Trinajstić information content (AvgIpc) is 2.33. The summed E-state index contributed by atoms with van der Waals surface area (Å²) in [5.41, 5.74) is 7.41. The Morgan fingerprint density at radius 2 is 1.88 bits per heavy atom. The molecule has 1 unspecified atom stereocenters. The molecular formula is C13H20N3+. The average molecular weight is 218 g/mol. The van der Waals surface area contributed by atoms with Crippen LogP contribution in [0.1, 0.15) is 11.6 Å². The van der Waals surface area contributed by atoms with Crippen molar-refractivity contribution in [1.29, 1.82) is 0 Å². The molecule has 1 heterocycles. The fourth-order valence-electron chi connectivity index (χ4n) is 2.06. The van der Waals surface area contributed by atoms with Gasteiger partial charge in [0.25, 0.3) is 0 Å². The normalized spacial score (nSPS) is 19.7. The summed E-state index contributed by atoms with van der Waals surface area (Å²) >= 11 is 0. The van der Waals surface area contributed by atoms with Crippen LogP contribution < -0.4 is 5.73 Å². The Hall–Kier alpha value is -1.19. The maximum absolute atomic E-state index is 6.19. The zero-order chi connectivity index (χ0) is 11.4. The van der Waals surface area contributed by atoms with Crippen molar-refractivity contribution in [2.75, 3.05) is 32.7 Å². The molecule has 1 atom stereocenters. The van der Waals surface area contributed by atoms with Gasteiger partial charge in [-0.15, -0.1) is 0 Å². The Kier molecular flexibility index (Phi) is 3.70. The van der Waals surface area contributed by atoms with E-state index in [0.29, 0.717) is 0 Å². The standard InChI is InChI=1S/C13H20N3/c1-15-7-9-16(10-8-15)11-13(14)12-5-3-2-4-6-12/h2-6,13H,1,7-11,14H2/q+1. The van der Waals surface area contributed by atoms with Gasteiger partial charge in [0.15, 0.2) is 13.1 Å². The van der Waals surface area contributed by atoms with Gasteiger partial charge in [-0.1, -0.05) is 30.3 Å². The van der Waals surface area contributed by atoms with Crippen molar-refractivity contribution in [1.82, 2.24) is 4.90 Å². The quantitative estimate of drug-likeness (QED) is 0.758. The van der Waals surface area contributed by atoms with Crippen LogP contribution in [0, 0.1) is 0 Å². The van der Waals surface area contributed by atoms with Crippen LogP contribution in [0.2, 0.25) is 0 Å². The summed E-state index contributed by atoms with van der Waals surface area (Å²) in [7, 11) is 0. The van der Waals surface area contributed by atoms with Crippen molar-refractivity contribution in [2.45, 2.75) is 6.04 Å². The van der Waals surface area contributed by atoms with Crippen LogP contribution in [0.3, 0.4) is 0 Å². The van der Waals surface area contributed by atoms with E-state index in [0.717, 1.165) is 32.7 Å². The molecule has 1 aromatic rings. The third-order valence-corrected chi connectivity index (χ3v) is 3.15. The number of nitrogens with zero attached hydrogens (tertiary/aromatic N) is 2. The number of hydrogen-bond donors (Lipinski definition) is 1. The first-order chi connectivity index (χ1) is 7.75. The number of hydrogen-bond acceptors (Lipinski definition) is 2. The highest BCUT2D eigenvalue weighted by molar-refractivity contribution is 5.18. The minimum absolute atomic E-state index is 0.123. The van der Waals surface area contributed by atoms with Gasteiger partial charge in [-0.05, 0) is 5.56 Å². The molecule has 0 aliphatic carbocycles. The van der Waals surface area contributed by atoms with Gasteiger partial charge < -0.3 is 5.73 Å². The summed E-state index contributed by atoms with van der Waals surface area (Å²) in [6.07, 6.45) is 0. The molecule has 1 aliphatic heterocycles. The molecule has 3 heteroatoms. The smallest absolute Gasteiger partial charge is 0.154 e. The Bertz CT molecular complexity index is 337. The van der Waals surface area contributed by atoms with E-state index in [2.05, 4.69) is 28.3 Å². The second kappa shape index (κ2) is 5.23.